The minimum absolute atomic E-state index is 0.0687. The lowest BCUT2D eigenvalue weighted by Crippen LogP contribution is -2.37. The van der Waals surface area contributed by atoms with E-state index in [9.17, 15) is 4.79 Å². The van der Waals surface area contributed by atoms with Crippen molar-refractivity contribution in [3.8, 4) is 0 Å². The first-order valence-corrected chi connectivity index (χ1v) is 7.42. The van der Waals surface area contributed by atoms with Crippen molar-refractivity contribution < 1.29 is 9.53 Å². The Morgan fingerprint density at radius 3 is 2.39 bits per heavy atom. The molecule has 104 valence electrons. The molecule has 1 N–H and O–H groups in total. The van der Waals surface area contributed by atoms with Crippen LogP contribution in [0.3, 0.4) is 0 Å². The summed E-state index contributed by atoms with van der Waals surface area (Å²) in [6, 6.07) is -0.0730. The molecule has 0 aromatic heterocycles. The molecule has 2 atom stereocenters. The fraction of sp³-hybridized carbons (Fsp3) is 0.933. The van der Waals surface area contributed by atoms with Gasteiger partial charge in [-0.15, -0.1) is 0 Å². The average molecular weight is 253 g/mol. The van der Waals surface area contributed by atoms with Crippen molar-refractivity contribution >= 4 is 5.97 Å². The van der Waals surface area contributed by atoms with Gasteiger partial charge in [0.05, 0.1) is 0 Å². The van der Waals surface area contributed by atoms with Crippen LogP contribution in [-0.2, 0) is 9.53 Å². The molecule has 1 aliphatic carbocycles. The molecule has 18 heavy (non-hydrogen) atoms. The first-order valence-electron chi connectivity index (χ1n) is 7.42. The van der Waals surface area contributed by atoms with Gasteiger partial charge in [-0.1, -0.05) is 32.1 Å². The lowest BCUT2D eigenvalue weighted by atomic mass is 9.79. The number of hydrogen-bond donors (Lipinski definition) is 1. The third kappa shape index (κ3) is 3.71. The van der Waals surface area contributed by atoms with Gasteiger partial charge in [-0.05, 0) is 45.6 Å². The second-order valence-corrected chi connectivity index (χ2v) is 6.89. The van der Waals surface area contributed by atoms with Gasteiger partial charge < -0.3 is 10.1 Å². The van der Waals surface area contributed by atoms with E-state index in [0.717, 1.165) is 18.9 Å². The highest BCUT2D eigenvalue weighted by molar-refractivity contribution is 5.76. The Labute approximate surface area is 111 Å². The van der Waals surface area contributed by atoms with E-state index < -0.39 is 0 Å². The standard InChI is InChI=1S/C15H27NO2/c1-15(2,3)18-14(17)13-9-12(10-16-13)11-7-5-4-6-8-11/h11-13,16H,4-10H2,1-3H3/t12-,13+/m1/s1. The van der Waals surface area contributed by atoms with Crippen LogP contribution in [0.5, 0.6) is 0 Å². The van der Waals surface area contributed by atoms with Crippen LogP contribution in [0.25, 0.3) is 0 Å². The Morgan fingerprint density at radius 2 is 1.78 bits per heavy atom. The number of rotatable bonds is 2. The molecule has 0 amide bonds. The van der Waals surface area contributed by atoms with Crippen LogP contribution in [0.2, 0.25) is 0 Å². The fourth-order valence-electron chi connectivity index (χ4n) is 3.28. The Morgan fingerprint density at radius 1 is 1.11 bits per heavy atom. The van der Waals surface area contributed by atoms with E-state index in [1.807, 2.05) is 20.8 Å². The normalized spacial score (nSPS) is 30.4. The average Bonchev–Trinajstić information content (AvgIpc) is 2.77. The molecule has 0 spiro atoms. The Hall–Kier alpha value is -0.570. The lowest BCUT2D eigenvalue weighted by molar-refractivity contribution is -0.157. The molecule has 0 aromatic carbocycles. The highest BCUT2D eigenvalue weighted by Crippen LogP contribution is 2.34. The molecule has 0 radical (unpaired) electrons. The van der Waals surface area contributed by atoms with E-state index in [-0.39, 0.29) is 17.6 Å². The minimum atomic E-state index is -0.373. The highest BCUT2D eigenvalue weighted by atomic mass is 16.6. The number of nitrogens with one attached hydrogen (secondary N) is 1. The molecule has 0 aromatic rings. The van der Waals surface area contributed by atoms with E-state index in [1.54, 1.807) is 0 Å². The lowest BCUT2D eigenvalue weighted by Gasteiger charge is -2.27. The van der Waals surface area contributed by atoms with Crippen molar-refractivity contribution in [3.05, 3.63) is 0 Å². The summed E-state index contributed by atoms with van der Waals surface area (Å²) < 4.78 is 5.46. The fourth-order valence-corrected chi connectivity index (χ4v) is 3.28. The van der Waals surface area contributed by atoms with Gasteiger partial charge in [0.25, 0.3) is 0 Å². The zero-order valence-electron chi connectivity index (χ0n) is 12.0. The van der Waals surface area contributed by atoms with Crippen LogP contribution in [0.15, 0.2) is 0 Å². The molecule has 2 fully saturated rings. The van der Waals surface area contributed by atoms with Crippen molar-refractivity contribution in [2.75, 3.05) is 6.54 Å². The molecular formula is C15H27NO2. The van der Waals surface area contributed by atoms with Crippen LogP contribution in [0.1, 0.15) is 59.3 Å². The third-order valence-electron chi connectivity index (χ3n) is 4.17. The first-order chi connectivity index (χ1) is 8.46. The van der Waals surface area contributed by atoms with Gasteiger partial charge >= 0.3 is 5.97 Å². The molecule has 2 aliphatic rings. The summed E-state index contributed by atoms with van der Waals surface area (Å²) in [4.78, 5) is 12.0. The summed E-state index contributed by atoms with van der Waals surface area (Å²) in [6.45, 7) is 6.78. The van der Waals surface area contributed by atoms with Crippen LogP contribution in [-0.4, -0.2) is 24.2 Å². The smallest absolute Gasteiger partial charge is 0.323 e. The Balaban J connectivity index is 1.82. The van der Waals surface area contributed by atoms with Gasteiger partial charge in [-0.3, -0.25) is 4.79 Å². The summed E-state index contributed by atoms with van der Waals surface area (Å²) in [7, 11) is 0. The maximum atomic E-state index is 12.0. The van der Waals surface area contributed by atoms with Gasteiger partial charge in [-0.2, -0.15) is 0 Å². The molecule has 0 unspecified atom stereocenters. The van der Waals surface area contributed by atoms with Gasteiger partial charge in [0.2, 0.25) is 0 Å². The summed E-state index contributed by atoms with van der Waals surface area (Å²) in [5.74, 6) is 1.45. The highest BCUT2D eigenvalue weighted by Gasteiger charge is 2.36. The van der Waals surface area contributed by atoms with E-state index in [0.29, 0.717) is 5.92 Å². The molecule has 0 bridgehead atoms. The van der Waals surface area contributed by atoms with Crippen molar-refractivity contribution in [2.24, 2.45) is 11.8 Å². The number of carbonyl (C=O) groups is 1. The Bertz CT molecular complexity index is 289. The summed E-state index contributed by atoms with van der Waals surface area (Å²) >= 11 is 0. The molecule has 1 heterocycles. The molecule has 1 saturated heterocycles. The van der Waals surface area contributed by atoms with Gasteiger partial charge in [0, 0.05) is 0 Å². The van der Waals surface area contributed by atoms with Crippen LogP contribution in [0, 0.1) is 11.8 Å². The third-order valence-corrected chi connectivity index (χ3v) is 4.17. The monoisotopic (exact) mass is 253 g/mol. The van der Waals surface area contributed by atoms with Crippen molar-refractivity contribution in [1.82, 2.24) is 5.32 Å². The molecule has 1 aliphatic heterocycles. The number of carbonyl (C=O) groups excluding carboxylic acids is 1. The topological polar surface area (TPSA) is 38.3 Å². The largest absolute Gasteiger partial charge is 0.459 e. The van der Waals surface area contributed by atoms with Crippen molar-refractivity contribution in [3.63, 3.8) is 0 Å². The van der Waals surface area contributed by atoms with Crippen LogP contribution < -0.4 is 5.32 Å². The van der Waals surface area contributed by atoms with Gasteiger partial charge in [-0.25, -0.2) is 0 Å². The Kier molecular flexibility index (Phi) is 4.31. The second-order valence-electron chi connectivity index (χ2n) is 6.89. The first kappa shape index (κ1) is 13.9. The molecular weight excluding hydrogens is 226 g/mol. The van der Waals surface area contributed by atoms with E-state index in [1.165, 1.54) is 32.1 Å². The maximum Gasteiger partial charge on any atom is 0.323 e. The van der Waals surface area contributed by atoms with Gasteiger partial charge in [0.15, 0.2) is 0 Å². The molecule has 2 rings (SSSR count). The zero-order chi connectivity index (χ0) is 13.2. The van der Waals surface area contributed by atoms with E-state index >= 15 is 0 Å². The van der Waals surface area contributed by atoms with Crippen molar-refractivity contribution in [2.45, 2.75) is 70.9 Å². The van der Waals surface area contributed by atoms with Crippen molar-refractivity contribution in [1.29, 1.82) is 0 Å². The quantitative estimate of drug-likeness (QED) is 0.769. The summed E-state index contributed by atoms with van der Waals surface area (Å²) in [5.41, 5.74) is -0.373. The summed E-state index contributed by atoms with van der Waals surface area (Å²) in [6.07, 6.45) is 7.82. The molecule has 3 nitrogen and oxygen atoms in total. The minimum Gasteiger partial charge on any atom is -0.459 e. The number of hydrogen-bond acceptors (Lipinski definition) is 3. The molecule has 1 saturated carbocycles. The second kappa shape index (κ2) is 5.60. The van der Waals surface area contributed by atoms with E-state index in [2.05, 4.69) is 5.32 Å². The number of esters is 1. The predicted octanol–water partition coefficient (Wildman–Crippen LogP) is 2.89. The van der Waals surface area contributed by atoms with Crippen LogP contribution in [0.4, 0.5) is 0 Å². The van der Waals surface area contributed by atoms with E-state index in [4.69, 9.17) is 4.74 Å². The summed E-state index contributed by atoms with van der Waals surface area (Å²) in [5, 5.41) is 3.35. The predicted molar refractivity (Wildman–Crippen MR) is 72.3 cm³/mol. The molecule has 3 heteroatoms. The van der Waals surface area contributed by atoms with Crippen LogP contribution >= 0.6 is 0 Å². The number of ether oxygens (including phenoxy) is 1. The maximum absolute atomic E-state index is 12.0. The zero-order valence-corrected chi connectivity index (χ0v) is 12.0. The van der Waals surface area contributed by atoms with Gasteiger partial charge in [0.1, 0.15) is 11.6 Å². The SMILES string of the molecule is CC(C)(C)OC(=O)[C@@H]1C[C@@H](C2CCCCC2)CN1.